The Labute approximate surface area is 265 Å². The second-order valence-electron chi connectivity index (χ2n) is 12.9. The smallest absolute Gasteiger partial charge is 0.147 e. The fourth-order valence-corrected chi connectivity index (χ4v) is 7.83. The quantitative estimate of drug-likeness (QED) is 0.205. The molecule has 46 heavy (non-hydrogen) atoms. The fourth-order valence-electron chi connectivity index (χ4n) is 7.83. The molecule has 0 atom stereocenters. The van der Waals surface area contributed by atoms with E-state index in [4.69, 9.17) is 8.83 Å². The van der Waals surface area contributed by atoms with Crippen molar-refractivity contribution in [3.63, 3.8) is 0 Å². The molecule has 0 fully saturated rings. The summed E-state index contributed by atoms with van der Waals surface area (Å²) in [6, 6.07) is 49.8. The van der Waals surface area contributed by atoms with Crippen LogP contribution >= 0.6 is 0 Å². The SMILES string of the molecule is CC1(C)c2ccccc2-c2ccc(N(c3ccccc3)c3cccc4oc5ccc6c7cc8ccccc8cc7oc6c5c34)cc21. The molecule has 2 heterocycles. The first-order valence-corrected chi connectivity index (χ1v) is 15.9. The molecule has 3 nitrogen and oxygen atoms in total. The van der Waals surface area contributed by atoms with Crippen molar-refractivity contribution in [2.75, 3.05) is 4.90 Å². The van der Waals surface area contributed by atoms with Crippen molar-refractivity contribution in [1.82, 2.24) is 0 Å². The largest absolute Gasteiger partial charge is 0.456 e. The maximum Gasteiger partial charge on any atom is 0.147 e. The molecule has 0 N–H and O–H groups in total. The highest BCUT2D eigenvalue weighted by Gasteiger charge is 2.36. The van der Waals surface area contributed by atoms with E-state index >= 15 is 0 Å². The highest BCUT2D eigenvalue weighted by molar-refractivity contribution is 6.26. The summed E-state index contributed by atoms with van der Waals surface area (Å²) in [5.74, 6) is 0. The van der Waals surface area contributed by atoms with E-state index in [1.54, 1.807) is 0 Å². The lowest BCUT2D eigenvalue weighted by Gasteiger charge is -2.28. The highest BCUT2D eigenvalue weighted by atomic mass is 16.3. The molecule has 1 aliphatic rings. The van der Waals surface area contributed by atoms with Gasteiger partial charge in [-0.2, -0.15) is 0 Å². The number of anilines is 3. The van der Waals surface area contributed by atoms with Crippen LogP contribution in [0.1, 0.15) is 25.0 Å². The van der Waals surface area contributed by atoms with Crippen LogP contribution in [0.25, 0.3) is 65.8 Å². The van der Waals surface area contributed by atoms with Crippen LogP contribution in [0.4, 0.5) is 17.1 Å². The predicted molar refractivity (Wildman–Crippen MR) is 191 cm³/mol. The van der Waals surface area contributed by atoms with E-state index in [2.05, 4.69) is 158 Å². The van der Waals surface area contributed by atoms with E-state index in [-0.39, 0.29) is 5.41 Å². The molecule has 0 saturated carbocycles. The van der Waals surface area contributed by atoms with E-state index < -0.39 is 0 Å². The van der Waals surface area contributed by atoms with Crippen molar-refractivity contribution in [2.45, 2.75) is 19.3 Å². The third-order valence-electron chi connectivity index (χ3n) is 10.0. The lowest BCUT2D eigenvalue weighted by Crippen LogP contribution is -2.16. The summed E-state index contributed by atoms with van der Waals surface area (Å²) < 4.78 is 13.3. The molecule has 0 bridgehead atoms. The average molecular weight is 592 g/mol. The Morgan fingerprint density at radius 1 is 0.478 bits per heavy atom. The Hall–Kier alpha value is -5.80. The first kappa shape index (κ1) is 25.5. The summed E-state index contributed by atoms with van der Waals surface area (Å²) in [6.45, 7) is 4.67. The zero-order chi connectivity index (χ0) is 30.6. The van der Waals surface area contributed by atoms with Gasteiger partial charge in [-0.1, -0.05) is 92.7 Å². The van der Waals surface area contributed by atoms with Crippen molar-refractivity contribution >= 4 is 71.7 Å². The Morgan fingerprint density at radius 3 is 2.09 bits per heavy atom. The summed E-state index contributed by atoms with van der Waals surface area (Å²) in [7, 11) is 0. The van der Waals surface area contributed by atoms with Crippen LogP contribution in [0.2, 0.25) is 0 Å². The second-order valence-corrected chi connectivity index (χ2v) is 12.9. The molecule has 9 aromatic rings. The van der Waals surface area contributed by atoms with Crippen LogP contribution in [-0.2, 0) is 5.41 Å². The zero-order valence-corrected chi connectivity index (χ0v) is 25.5. The van der Waals surface area contributed by atoms with E-state index in [0.29, 0.717) is 0 Å². The minimum absolute atomic E-state index is 0.109. The first-order chi connectivity index (χ1) is 22.6. The second kappa shape index (κ2) is 9.12. The van der Waals surface area contributed by atoms with E-state index in [1.807, 2.05) is 0 Å². The summed E-state index contributed by atoms with van der Waals surface area (Å²) in [6.07, 6.45) is 0. The molecule has 0 unspecified atom stereocenters. The van der Waals surface area contributed by atoms with Gasteiger partial charge < -0.3 is 13.7 Å². The monoisotopic (exact) mass is 591 g/mol. The highest BCUT2D eigenvalue weighted by Crippen LogP contribution is 2.52. The Morgan fingerprint density at radius 2 is 1.22 bits per heavy atom. The molecule has 10 rings (SSSR count). The van der Waals surface area contributed by atoms with Gasteiger partial charge in [0.15, 0.2) is 0 Å². The fraction of sp³-hybridized carbons (Fsp3) is 0.0698. The molecule has 0 radical (unpaired) electrons. The number of fused-ring (bicyclic) bond motifs is 11. The Bertz CT molecular complexity index is 2670. The van der Waals surface area contributed by atoms with Crippen LogP contribution in [0, 0.1) is 0 Å². The van der Waals surface area contributed by atoms with Gasteiger partial charge >= 0.3 is 0 Å². The van der Waals surface area contributed by atoms with Crippen LogP contribution in [-0.4, -0.2) is 0 Å². The lowest BCUT2D eigenvalue weighted by atomic mass is 9.82. The van der Waals surface area contributed by atoms with Crippen molar-refractivity contribution in [3.8, 4) is 11.1 Å². The lowest BCUT2D eigenvalue weighted by molar-refractivity contribution is 0.660. The topological polar surface area (TPSA) is 29.5 Å². The van der Waals surface area contributed by atoms with Crippen LogP contribution in [0.5, 0.6) is 0 Å². The minimum Gasteiger partial charge on any atom is -0.456 e. The molecule has 218 valence electrons. The van der Waals surface area contributed by atoms with E-state index in [9.17, 15) is 0 Å². The third kappa shape index (κ3) is 3.43. The molecule has 0 spiro atoms. The van der Waals surface area contributed by atoms with Gasteiger partial charge in [-0.25, -0.2) is 0 Å². The van der Waals surface area contributed by atoms with Gasteiger partial charge in [0.05, 0.1) is 16.5 Å². The molecule has 1 aliphatic carbocycles. The van der Waals surface area contributed by atoms with Crippen LogP contribution in [0.15, 0.2) is 148 Å². The Kier molecular flexibility index (Phi) is 5.06. The maximum atomic E-state index is 6.73. The van der Waals surface area contributed by atoms with Gasteiger partial charge in [0.1, 0.15) is 22.3 Å². The number of rotatable bonds is 3. The molecule has 0 amide bonds. The molecule has 7 aromatic carbocycles. The minimum atomic E-state index is -0.109. The molecule has 0 aliphatic heterocycles. The Balaban J connectivity index is 1.27. The summed E-state index contributed by atoms with van der Waals surface area (Å²) in [5.41, 5.74) is 11.9. The van der Waals surface area contributed by atoms with Crippen molar-refractivity contribution in [1.29, 1.82) is 0 Å². The summed E-state index contributed by atoms with van der Waals surface area (Å²) in [4.78, 5) is 2.37. The predicted octanol–water partition coefficient (Wildman–Crippen LogP) is 12.4. The van der Waals surface area contributed by atoms with Gasteiger partial charge in [-0.3, -0.25) is 0 Å². The maximum absolute atomic E-state index is 6.73. The third-order valence-corrected chi connectivity index (χ3v) is 10.0. The number of furan rings is 2. The van der Waals surface area contributed by atoms with Crippen molar-refractivity contribution in [3.05, 3.63) is 151 Å². The molecular weight excluding hydrogens is 562 g/mol. The molecule has 2 aromatic heterocycles. The summed E-state index contributed by atoms with van der Waals surface area (Å²) >= 11 is 0. The first-order valence-electron chi connectivity index (χ1n) is 15.9. The van der Waals surface area contributed by atoms with Crippen molar-refractivity contribution < 1.29 is 8.83 Å². The normalized spacial score (nSPS) is 13.6. The van der Waals surface area contributed by atoms with Crippen LogP contribution in [0.3, 0.4) is 0 Å². The number of hydrogen-bond donors (Lipinski definition) is 0. The van der Waals surface area contributed by atoms with Gasteiger partial charge in [0.25, 0.3) is 0 Å². The standard InChI is InChI=1S/C43H29NO2/c1-43(2)34-16-9-8-15-30(34)31-20-19-29(25-35(31)43)44(28-13-4-3-5-14-28)36-17-10-18-37-40(36)41-38(45-37)22-21-32-33-23-26-11-6-7-12-27(26)24-39(33)46-42(32)41/h3-25H,1-2H3. The van der Waals surface area contributed by atoms with Gasteiger partial charge in [-0.05, 0) is 93.7 Å². The number of para-hydroxylation sites is 1. The van der Waals surface area contributed by atoms with Gasteiger partial charge in [0.2, 0.25) is 0 Å². The van der Waals surface area contributed by atoms with E-state index in [1.165, 1.54) is 33.0 Å². The van der Waals surface area contributed by atoms with Gasteiger partial charge in [-0.15, -0.1) is 0 Å². The molecular formula is C43H29NO2. The van der Waals surface area contributed by atoms with E-state index in [0.717, 1.165) is 60.9 Å². The summed E-state index contributed by atoms with van der Waals surface area (Å²) in [5, 5.41) is 6.61. The number of benzene rings is 7. The molecule has 3 heteroatoms. The number of nitrogens with zero attached hydrogens (tertiary/aromatic N) is 1. The zero-order valence-electron chi connectivity index (χ0n) is 25.5. The van der Waals surface area contributed by atoms with Crippen molar-refractivity contribution in [2.24, 2.45) is 0 Å². The average Bonchev–Trinajstić information content (AvgIpc) is 3.72. The van der Waals surface area contributed by atoms with Crippen LogP contribution < -0.4 is 4.90 Å². The van der Waals surface area contributed by atoms with Gasteiger partial charge in [0, 0.05) is 27.6 Å². The number of hydrogen-bond acceptors (Lipinski definition) is 3. The molecule has 0 saturated heterocycles.